The predicted molar refractivity (Wildman–Crippen MR) is 69.8 cm³/mol. The van der Waals surface area contributed by atoms with Crippen LogP contribution >= 0.6 is 0 Å². The quantitative estimate of drug-likeness (QED) is 0.822. The van der Waals surface area contributed by atoms with Gasteiger partial charge in [-0.25, -0.2) is 0 Å². The third-order valence-electron chi connectivity index (χ3n) is 3.55. The monoisotopic (exact) mass is 234 g/mol. The lowest BCUT2D eigenvalue weighted by Crippen LogP contribution is -2.57. The van der Waals surface area contributed by atoms with Gasteiger partial charge in [-0.1, -0.05) is 37.3 Å². The predicted octanol–water partition coefficient (Wildman–Crippen LogP) is 1.23. The Kier molecular flexibility index (Phi) is 4.54. The summed E-state index contributed by atoms with van der Waals surface area (Å²) in [6.07, 6.45) is 1.14. The first-order valence-electron chi connectivity index (χ1n) is 6.45. The second-order valence-corrected chi connectivity index (χ2v) is 4.76. The van der Waals surface area contributed by atoms with E-state index in [0.29, 0.717) is 6.04 Å². The van der Waals surface area contributed by atoms with Crippen LogP contribution in [0.3, 0.4) is 0 Å². The summed E-state index contributed by atoms with van der Waals surface area (Å²) in [6, 6.07) is 11.3. The summed E-state index contributed by atoms with van der Waals surface area (Å²) >= 11 is 0. The Bertz CT molecular complexity index is 328. The van der Waals surface area contributed by atoms with Crippen LogP contribution in [0, 0.1) is 0 Å². The molecule has 0 radical (unpaired) electrons. The van der Waals surface area contributed by atoms with E-state index in [9.17, 15) is 5.11 Å². The fourth-order valence-electron chi connectivity index (χ4n) is 2.39. The molecule has 3 heteroatoms. The van der Waals surface area contributed by atoms with E-state index in [1.54, 1.807) is 0 Å². The molecule has 0 aromatic heterocycles. The van der Waals surface area contributed by atoms with Crippen molar-refractivity contribution in [2.75, 3.05) is 19.7 Å². The van der Waals surface area contributed by atoms with Crippen LogP contribution in [0.5, 0.6) is 0 Å². The van der Waals surface area contributed by atoms with Gasteiger partial charge in [-0.2, -0.15) is 0 Å². The van der Waals surface area contributed by atoms with Crippen LogP contribution < -0.4 is 5.32 Å². The number of rotatable bonds is 4. The van der Waals surface area contributed by atoms with Crippen molar-refractivity contribution >= 4 is 0 Å². The van der Waals surface area contributed by atoms with E-state index in [1.165, 1.54) is 5.56 Å². The van der Waals surface area contributed by atoms with Crippen molar-refractivity contribution in [3.63, 3.8) is 0 Å². The highest BCUT2D eigenvalue weighted by molar-refractivity contribution is 5.14. The summed E-state index contributed by atoms with van der Waals surface area (Å²) in [5.41, 5.74) is 1.32. The number of aliphatic hydroxyl groups is 1. The Morgan fingerprint density at radius 1 is 1.35 bits per heavy atom. The van der Waals surface area contributed by atoms with E-state index in [-0.39, 0.29) is 12.6 Å². The molecule has 2 unspecified atom stereocenters. The van der Waals surface area contributed by atoms with E-state index in [4.69, 9.17) is 0 Å². The lowest BCUT2D eigenvalue weighted by molar-refractivity contribution is 0.0737. The van der Waals surface area contributed by atoms with Gasteiger partial charge in [0.15, 0.2) is 0 Å². The van der Waals surface area contributed by atoms with Gasteiger partial charge in [-0.15, -0.1) is 0 Å². The topological polar surface area (TPSA) is 35.5 Å². The molecule has 2 atom stereocenters. The summed E-state index contributed by atoms with van der Waals surface area (Å²) in [7, 11) is 0. The number of nitrogens with zero attached hydrogens (tertiary/aromatic N) is 1. The number of hydrogen-bond donors (Lipinski definition) is 2. The van der Waals surface area contributed by atoms with E-state index in [1.807, 2.05) is 6.07 Å². The van der Waals surface area contributed by atoms with Crippen molar-refractivity contribution < 1.29 is 5.11 Å². The molecule has 3 nitrogen and oxygen atoms in total. The number of hydrogen-bond acceptors (Lipinski definition) is 3. The van der Waals surface area contributed by atoms with Gasteiger partial charge in [-0.3, -0.25) is 4.90 Å². The van der Waals surface area contributed by atoms with Crippen molar-refractivity contribution in [2.45, 2.75) is 32.0 Å². The Morgan fingerprint density at radius 2 is 2.12 bits per heavy atom. The Morgan fingerprint density at radius 3 is 2.76 bits per heavy atom. The van der Waals surface area contributed by atoms with Gasteiger partial charge in [-0.05, 0) is 12.0 Å². The second kappa shape index (κ2) is 6.15. The zero-order valence-electron chi connectivity index (χ0n) is 10.5. The van der Waals surface area contributed by atoms with E-state index >= 15 is 0 Å². The summed E-state index contributed by atoms with van der Waals surface area (Å²) in [5, 5.41) is 12.9. The molecule has 1 aliphatic rings. The van der Waals surface area contributed by atoms with Gasteiger partial charge in [0.05, 0.1) is 6.61 Å². The van der Waals surface area contributed by atoms with E-state index in [2.05, 4.69) is 41.4 Å². The Balaban J connectivity index is 2.00. The lowest BCUT2D eigenvalue weighted by atomic mass is 10.1. The highest BCUT2D eigenvalue weighted by Crippen LogP contribution is 2.13. The van der Waals surface area contributed by atoms with Crippen LogP contribution in [-0.4, -0.2) is 41.8 Å². The molecule has 1 fully saturated rings. The van der Waals surface area contributed by atoms with Crippen molar-refractivity contribution in [1.29, 1.82) is 0 Å². The third kappa shape index (κ3) is 3.28. The van der Waals surface area contributed by atoms with Crippen molar-refractivity contribution in [1.82, 2.24) is 10.2 Å². The summed E-state index contributed by atoms with van der Waals surface area (Å²) in [4.78, 5) is 2.39. The molecule has 2 rings (SSSR count). The number of aliphatic hydroxyl groups excluding tert-OH is 1. The first-order valence-corrected chi connectivity index (χ1v) is 6.45. The fraction of sp³-hybridized carbons (Fsp3) is 0.571. The van der Waals surface area contributed by atoms with Crippen LogP contribution in [-0.2, 0) is 6.54 Å². The molecule has 0 saturated carbocycles. The minimum atomic E-state index is 0.232. The number of nitrogens with one attached hydrogen (secondary N) is 1. The molecule has 1 aliphatic heterocycles. The van der Waals surface area contributed by atoms with E-state index in [0.717, 1.165) is 26.1 Å². The molecular formula is C14H22N2O. The molecule has 94 valence electrons. The van der Waals surface area contributed by atoms with E-state index < -0.39 is 0 Å². The second-order valence-electron chi connectivity index (χ2n) is 4.76. The van der Waals surface area contributed by atoms with Crippen LogP contribution in [0.15, 0.2) is 30.3 Å². The number of benzene rings is 1. The van der Waals surface area contributed by atoms with Crippen molar-refractivity contribution in [3.05, 3.63) is 35.9 Å². The summed E-state index contributed by atoms with van der Waals surface area (Å²) in [5.74, 6) is 0. The van der Waals surface area contributed by atoms with Crippen molar-refractivity contribution in [3.8, 4) is 0 Å². The van der Waals surface area contributed by atoms with Gasteiger partial charge in [0.1, 0.15) is 0 Å². The molecule has 0 spiro atoms. The molecule has 0 aliphatic carbocycles. The average molecular weight is 234 g/mol. The molecule has 1 saturated heterocycles. The first-order chi connectivity index (χ1) is 8.33. The maximum Gasteiger partial charge on any atom is 0.0599 e. The third-order valence-corrected chi connectivity index (χ3v) is 3.55. The van der Waals surface area contributed by atoms with Crippen LogP contribution in [0.1, 0.15) is 18.9 Å². The standard InChI is InChI=1S/C14H22N2O/c1-2-13-10-16(14(11-17)8-15-13)9-12-6-4-3-5-7-12/h3-7,13-15,17H,2,8-11H2,1H3. The largest absolute Gasteiger partial charge is 0.395 e. The molecular weight excluding hydrogens is 212 g/mol. The van der Waals surface area contributed by atoms with Gasteiger partial charge in [0.25, 0.3) is 0 Å². The molecule has 17 heavy (non-hydrogen) atoms. The van der Waals surface area contributed by atoms with Crippen LogP contribution in [0.25, 0.3) is 0 Å². The normalized spacial score (nSPS) is 26.0. The molecule has 1 heterocycles. The molecule has 0 amide bonds. The SMILES string of the molecule is CCC1CN(Cc2ccccc2)C(CO)CN1. The van der Waals surface area contributed by atoms with Gasteiger partial charge in [0, 0.05) is 31.7 Å². The zero-order chi connectivity index (χ0) is 12.1. The lowest BCUT2D eigenvalue weighted by Gasteiger charge is -2.39. The van der Waals surface area contributed by atoms with Gasteiger partial charge < -0.3 is 10.4 Å². The summed E-state index contributed by atoms with van der Waals surface area (Å²) < 4.78 is 0. The minimum Gasteiger partial charge on any atom is -0.395 e. The Hall–Kier alpha value is -0.900. The van der Waals surface area contributed by atoms with Gasteiger partial charge >= 0.3 is 0 Å². The molecule has 0 bridgehead atoms. The van der Waals surface area contributed by atoms with Crippen LogP contribution in [0.4, 0.5) is 0 Å². The first kappa shape index (κ1) is 12.6. The number of piperazine rings is 1. The van der Waals surface area contributed by atoms with Gasteiger partial charge in [0.2, 0.25) is 0 Å². The highest BCUT2D eigenvalue weighted by Gasteiger charge is 2.26. The molecule has 1 aromatic carbocycles. The average Bonchev–Trinajstić information content (AvgIpc) is 2.40. The maximum absolute atomic E-state index is 9.42. The summed E-state index contributed by atoms with van der Waals surface area (Å²) in [6.45, 7) is 5.29. The smallest absolute Gasteiger partial charge is 0.0599 e. The zero-order valence-corrected chi connectivity index (χ0v) is 10.5. The van der Waals surface area contributed by atoms with Crippen molar-refractivity contribution in [2.24, 2.45) is 0 Å². The highest BCUT2D eigenvalue weighted by atomic mass is 16.3. The Labute approximate surface area is 103 Å². The minimum absolute atomic E-state index is 0.232. The molecule has 2 N–H and O–H groups in total. The van der Waals surface area contributed by atoms with Crippen LogP contribution in [0.2, 0.25) is 0 Å². The fourth-order valence-corrected chi connectivity index (χ4v) is 2.39. The maximum atomic E-state index is 9.42. The molecule has 1 aromatic rings.